The first-order valence-corrected chi connectivity index (χ1v) is 8.30. The molecule has 2 rings (SSSR count). The highest BCUT2D eigenvalue weighted by atomic mass is 16.5. The van der Waals surface area contributed by atoms with Crippen LogP contribution < -0.4 is 19.5 Å². The third-order valence-electron chi connectivity index (χ3n) is 4.20. The molecule has 0 bridgehead atoms. The second-order valence-corrected chi connectivity index (χ2v) is 6.04. The van der Waals surface area contributed by atoms with E-state index in [1.165, 1.54) is 0 Å². The van der Waals surface area contributed by atoms with Crippen LogP contribution in [0.15, 0.2) is 42.5 Å². The van der Waals surface area contributed by atoms with Crippen molar-refractivity contribution in [3.8, 4) is 17.2 Å². The molecule has 6 heteroatoms. The summed E-state index contributed by atoms with van der Waals surface area (Å²) in [5.41, 5.74) is 1.59. The Kier molecular flexibility index (Phi) is 6.86. The van der Waals surface area contributed by atoms with Gasteiger partial charge in [0.15, 0.2) is 11.5 Å². The molecule has 1 amide bonds. The lowest BCUT2D eigenvalue weighted by atomic mass is 10.0. The van der Waals surface area contributed by atoms with E-state index < -0.39 is 0 Å². The molecule has 0 aliphatic heterocycles. The number of likely N-dealkylation sites (N-methyl/N-ethyl adjacent to an activating group) is 1. The molecule has 0 saturated heterocycles. The molecule has 6 nitrogen and oxygen atoms in total. The molecular formula is C20H26N2O4. The summed E-state index contributed by atoms with van der Waals surface area (Å²) in [5.74, 6) is 1.85. The van der Waals surface area contributed by atoms with Gasteiger partial charge in [-0.3, -0.25) is 4.79 Å². The molecule has 0 saturated carbocycles. The predicted octanol–water partition coefficient (Wildman–Crippen LogP) is 2.75. The summed E-state index contributed by atoms with van der Waals surface area (Å²) < 4.78 is 15.8. The largest absolute Gasteiger partial charge is 0.497 e. The van der Waals surface area contributed by atoms with Crippen LogP contribution in [0.1, 0.15) is 22.0 Å². The highest BCUT2D eigenvalue weighted by Gasteiger charge is 2.18. The van der Waals surface area contributed by atoms with Gasteiger partial charge in [-0.15, -0.1) is 0 Å². The quantitative estimate of drug-likeness (QED) is 0.786. The van der Waals surface area contributed by atoms with Crippen molar-refractivity contribution in [2.45, 2.75) is 6.04 Å². The molecule has 0 radical (unpaired) electrons. The number of benzene rings is 2. The van der Waals surface area contributed by atoms with Crippen molar-refractivity contribution in [3.63, 3.8) is 0 Å². The number of nitrogens with zero attached hydrogens (tertiary/aromatic N) is 1. The maximum atomic E-state index is 12.5. The van der Waals surface area contributed by atoms with Gasteiger partial charge < -0.3 is 24.4 Å². The van der Waals surface area contributed by atoms with Gasteiger partial charge in [-0.2, -0.15) is 0 Å². The summed E-state index contributed by atoms with van der Waals surface area (Å²) in [6.45, 7) is 0.457. The number of hydrogen-bond donors (Lipinski definition) is 1. The Morgan fingerprint density at radius 1 is 1.00 bits per heavy atom. The molecule has 0 aromatic heterocycles. The van der Waals surface area contributed by atoms with E-state index in [0.29, 0.717) is 29.4 Å². The molecule has 0 spiro atoms. The van der Waals surface area contributed by atoms with Crippen molar-refractivity contribution in [2.24, 2.45) is 0 Å². The minimum Gasteiger partial charge on any atom is -0.497 e. The van der Waals surface area contributed by atoms with Gasteiger partial charge in [0, 0.05) is 12.1 Å². The average molecular weight is 358 g/mol. The minimum atomic E-state index is -0.142. The first kappa shape index (κ1) is 19.6. The van der Waals surface area contributed by atoms with E-state index in [2.05, 4.69) is 5.32 Å². The lowest BCUT2D eigenvalue weighted by Crippen LogP contribution is -2.34. The van der Waals surface area contributed by atoms with E-state index in [0.717, 1.165) is 5.56 Å². The topological polar surface area (TPSA) is 60.0 Å². The van der Waals surface area contributed by atoms with Gasteiger partial charge in [0.1, 0.15) is 5.75 Å². The summed E-state index contributed by atoms with van der Waals surface area (Å²) in [4.78, 5) is 14.5. The van der Waals surface area contributed by atoms with Crippen LogP contribution in [0.25, 0.3) is 0 Å². The van der Waals surface area contributed by atoms with Crippen LogP contribution in [-0.4, -0.2) is 52.8 Å². The van der Waals surface area contributed by atoms with E-state index in [4.69, 9.17) is 14.2 Å². The Bertz CT molecular complexity index is 746. The molecule has 26 heavy (non-hydrogen) atoms. The molecule has 140 valence electrons. The summed E-state index contributed by atoms with van der Waals surface area (Å²) >= 11 is 0. The fourth-order valence-electron chi connectivity index (χ4n) is 2.71. The Morgan fingerprint density at radius 3 is 2.35 bits per heavy atom. The number of nitrogens with one attached hydrogen (secondary N) is 1. The monoisotopic (exact) mass is 358 g/mol. The number of carbonyl (C=O) groups excluding carboxylic acids is 1. The van der Waals surface area contributed by atoms with E-state index in [1.54, 1.807) is 39.5 Å². The van der Waals surface area contributed by atoms with Crippen molar-refractivity contribution in [2.75, 3.05) is 42.0 Å². The van der Waals surface area contributed by atoms with E-state index in [1.807, 2.05) is 43.3 Å². The third-order valence-corrected chi connectivity index (χ3v) is 4.20. The maximum Gasteiger partial charge on any atom is 0.251 e. The molecular weight excluding hydrogens is 332 g/mol. The average Bonchev–Trinajstić information content (AvgIpc) is 2.67. The van der Waals surface area contributed by atoms with Gasteiger partial charge >= 0.3 is 0 Å². The number of rotatable bonds is 8. The zero-order valence-electron chi connectivity index (χ0n) is 15.9. The molecule has 1 unspecified atom stereocenters. The van der Waals surface area contributed by atoms with Crippen molar-refractivity contribution < 1.29 is 19.0 Å². The van der Waals surface area contributed by atoms with Crippen molar-refractivity contribution in [1.29, 1.82) is 0 Å². The van der Waals surface area contributed by atoms with Crippen LogP contribution in [0, 0.1) is 0 Å². The number of methoxy groups -OCH3 is 3. The van der Waals surface area contributed by atoms with Crippen molar-refractivity contribution in [1.82, 2.24) is 10.2 Å². The molecule has 0 fully saturated rings. The summed E-state index contributed by atoms with van der Waals surface area (Å²) in [5, 5.41) is 2.99. The van der Waals surface area contributed by atoms with Crippen LogP contribution >= 0.6 is 0 Å². The Labute approximate surface area is 154 Å². The van der Waals surface area contributed by atoms with Gasteiger partial charge in [0.25, 0.3) is 5.91 Å². The normalized spacial score (nSPS) is 11.8. The Balaban J connectivity index is 2.14. The van der Waals surface area contributed by atoms with Crippen LogP contribution in [-0.2, 0) is 0 Å². The summed E-state index contributed by atoms with van der Waals surface area (Å²) in [6, 6.07) is 12.9. The molecule has 1 atom stereocenters. The fourth-order valence-corrected chi connectivity index (χ4v) is 2.71. The zero-order chi connectivity index (χ0) is 19.1. The second-order valence-electron chi connectivity index (χ2n) is 6.04. The first-order valence-electron chi connectivity index (χ1n) is 8.30. The predicted molar refractivity (Wildman–Crippen MR) is 101 cm³/mol. The molecule has 2 aromatic carbocycles. The van der Waals surface area contributed by atoms with E-state index in [9.17, 15) is 4.79 Å². The van der Waals surface area contributed by atoms with Gasteiger partial charge in [-0.05, 0) is 50.0 Å². The lowest BCUT2D eigenvalue weighted by Gasteiger charge is -2.26. The van der Waals surface area contributed by atoms with E-state index >= 15 is 0 Å². The molecule has 1 N–H and O–H groups in total. The van der Waals surface area contributed by atoms with Crippen LogP contribution in [0.5, 0.6) is 17.2 Å². The first-order chi connectivity index (χ1) is 12.5. The number of amides is 1. The minimum absolute atomic E-state index is 0.00985. The van der Waals surface area contributed by atoms with Crippen LogP contribution in [0.4, 0.5) is 0 Å². The lowest BCUT2D eigenvalue weighted by molar-refractivity contribution is 0.0941. The van der Waals surface area contributed by atoms with Gasteiger partial charge in [-0.1, -0.05) is 12.1 Å². The Morgan fingerprint density at radius 2 is 1.73 bits per heavy atom. The van der Waals surface area contributed by atoms with Crippen molar-refractivity contribution in [3.05, 3.63) is 53.6 Å². The smallest absolute Gasteiger partial charge is 0.251 e. The van der Waals surface area contributed by atoms with Gasteiger partial charge in [-0.25, -0.2) is 0 Å². The SMILES string of the molecule is COc1cccc(C(=O)NCC(c2ccc(OC)c(OC)c2)N(C)C)c1. The molecule has 0 heterocycles. The molecule has 2 aromatic rings. The van der Waals surface area contributed by atoms with Gasteiger partial charge in [0.05, 0.1) is 27.4 Å². The van der Waals surface area contributed by atoms with Crippen LogP contribution in [0.3, 0.4) is 0 Å². The highest BCUT2D eigenvalue weighted by Crippen LogP contribution is 2.31. The number of hydrogen-bond acceptors (Lipinski definition) is 5. The van der Waals surface area contributed by atoms with Crippen LogP contribution in [0.2, 0.25) is 0 Å². The van der Waals surface area contributed by atoms with Gasteiger partial charge in [0.2, 0.25) is 0 Å². The van der Waals surface area contributed by atoms with Crippen molar-refractivity contribution >= 4 is 5.91 Å². The maximum absolute atomic E-state index is 12.5. The highest BCUT2D eigenvalue weighted by molar-refractivity contribution is 5.94. The third kappa shape index (κ3) is 4.67. The Hall–Kier alpha value is -2.73. The summed E-state index contributed by atoms with van der Waals surface area (Å²) in [7, 11) is 8.74. The number of carbonyl (C=O) groups is 1. The second kappa shape index (κ2) is 9.10. The number of ether oxygens (including phenoxy) is 3. The fraction of sp³-hybridized carbons (Fsp3) is 0.350. The van der Waals surface area contributed by atoms with E-state index in [-0.39, 0.29) is 11.9 Å². The standard InChI is InChI=1S/C20H26N2O4/c1-22(2)17(14-9-10-18(25-4)19(12-14)26-5)13-21-20(23)15-7-6-8-16(11-15)24-3/h6-12,17H,13H2,1-5H3,(H,21,23). The molecule has 0 aliphatic rings. The summed E-state index contributed by atoms with van der Waals surface area (Å²) in [6.07, 6.45) is 0. The molecule has 0 aliphatic carbocycles. The zero-order valence-corrected chi connectivity index (χ0v) is 15.9.